The largest absolute Gasteiger partial charge is 0.412 e. The van der Waals surface area contributed by atoms with Crippen LogP contribution in [-0.4, -0.2) is 32.6 Å². The first kappa shape index (κ1) is 20.8. The van der Waals surface area contributed by atoms with Gasteiger partial charge in [0.05, 0.1) is 26.4 Å². The standard InChI is InChI=1S/C17H36O4/c1-5-9-13-18-17(19-14-10-6-2,20-15-11-7-3)21-16-12-8-4/h5-16H2,1-4H3. The zero-order chi connectivity index (χ0) is 15.8. The summed E-state index contributed by atoms with van der Waals surface area (Å²) in [6.45, 7) is 10.9. The molecular weight excluding hydrogens is 268 g/mol. The Morgan fingerprint density at radius 3 is 0.905 bits per heavy atom. The fourth-order valence-corrected chi connectivity index (χ4v) is 1.62. The van der Waals surface area contributed by atoms with Crippen LogP contribution in [0, 0.1) is 0 Å². The molecule has 0 aliphatic rings. The van der Waals surface area contributed by atoms with Crippen LogP contribution in [0.4, 0.5) is 0 Å². The van der Waals surface area contributed by atoms with Crippen LogP contribution in [0.15, 0.2) is 0 Å². The number of unbranched alkanes of at least 4 members (excludes halogenated alkanes) is 4. The van der Waals surface area contributed by atoms with Crippen molar-refractivity contribution in [3.05, 3.63) is 0 Å². The van der Waals surface area contributed by atoms with Crippen LogP contribution in [0.3, 0.4) is 0 Å². The lowest BCUT2D eigenvalue weighted by Gasteiger charge is -2.32. The van der Waals surface area contributed by atoms with Gasteiger partial charge >= 0.3 is 6.16 Å². The average Bonchev–Trinajstić information content (AvgIpc) is 2.48. The average molecular weight is 304 g/mol. The summed E-state index contributed by atoms with van der Waals surface area (Å²) in [6.07, 6.45) is 6.93. The smallest absolute Gasteiger partial charge is 0.303 e. The Labute approximate surface area is 131 Å². The maximum Gasteiger partial charge on any atom is 0.412 e. The molecule has 0 fully saturated rings. The molecule has 0 saturated heterocycles. The summed E-state index contributed by atoms with van der Waals surface area (Å²) in [5, 5.41) is 0. The van der Waals surface area contributed by atoms with Crippen LogP contribution < -0.4 is 0 Å². The highest BCUT2D eigenvalue weighted by Crippen LogP contribution is 2.20. The van der Waals surface area contributed by atoms with Crippen molar-refractivity contribution in [2.75, 3.05) is 26.4 Å². The Bertz CT molecular complexity index is 163. The topological polar surface area (TPSA) is 36.9 Å². The molecule has 0 atom stereocenters. The molecular formula is C17H36O4. The van der Waals surface area contributed by atoms with Gasteiger partial charge in [-0.15, -0.1) is 0 Å². The van der Waals surface area contributed by atoms with Crippen LogP contribution in [-0.2, 0) is 18.9 Å². The second kappa shape index (κ2) is 14.8. The third-order valence-corrected chi connectivity index (χ3v) is 3.11. The van der Waals surface area contributed by atoms with Crippen LogP contribution in [0.2, 0.25) is 0 Å². The lowest BCUT2D eigenvalue weighted by Crippen LogP contribution is -2.43. The second-order valence-corrected chi connectivity index (χ2v) is 5.31. The maximum atomic E-state index is 5.84. The Morgan fingerprint density at radius 2 is 0.714 bits per heavy atom. The van der Waals surface area contributed by atoms with E-state index in [1.807, 2.05) is 0 Å². The fraction of sp³-hybridized carbons (Fsp3) is 1.00. The van der Waals surface area contributed by atoms with Gasteiger partial charge in [-0.25, -0.2) is 0 Å². The Kier molecular flexibility index (Phi) is 14.7. The molecule has 128 valence electrons. The van der Waals surface area contributed by atoms with Gasteiger partial charge in [-0.1, -0.05) is 53.4 Å². The van der Waals surface area contributed by atoms with E-state index in [0.29, 0.717) is 26.4 Å². The molecule has 0 aliphatic carbocycles. The number of hydrogen-bond donors (Lipinski definition) is 0. The lowest BCUT2D eigenvalue weighted by molar-refractivity contribution is -0.499. The summed E-state index contributed by atoms with van der Waals surface area (Å²) >= 11 is 0. The summed E-state index contributed by atoms with van der Waals surface area (Å²) in [6, 6.07) is 0. The molecule has 0 saturated carbocycles. The molecule has 0 heterocycles. The minimum Gasteiger partial charge on any atom is -0.303 e. The van der Waals surface area contributed by atoms with Crippen LogP contribution >= 0.6 is 0 Å². The van der Waals surface area contributed by atoms with Gasteiger partial charge in [0.15, 0.2) is 0 Å². The maximum absolute atomic E-state index is 5.84. The van der Waals surface area contributed by atoms with Crippen LogP contribution in [0.5, 0.6) is 0 Å². The minimum atomic E-state index is -1.30. The molecule has 4 nitrogen and oxygen atoms in total. The number of rotatable bonds is 16. The van der Waals surface area contributed by atoms with Gasteiger partial charge in [0.25, 0.3) is 0 Å². The van der Waals surface area contributed by atoms with E-state index in [1.165, 1.54) is 0 Å². The molecule has 0 bridgehead atoms. The van der Waals surface area contributed by atoms with Gasteiger partial charge < -0.3 is 18.9 Å². The predicted octanol–water partition coefficient (Wildman–Crippen LogP) is 4.86. The molecule has 0 aromatic rings. The molecule has 0 spiro atoms. The van der Waals surface area contributed by atoms with Gasteiger partial charge in [0.2, 0.25) is 0 Å². The summed E-state index contributed by atoms with van der Waals surface area (Å²) < 4.78 is 23.4. The van der Waals surface area contributed by atoms with Crippen molar-refractivity contribution >= 4 is 0 Å². The fourth-order valence-electron chi connectivity index (χ4n) is 1.62. The third-order valence-electron chi connectivity index (χ3n) is 3.11. The van der Waals surface area contributed by atoms with Gasteiger partial charge in [-0.05, 0) is 25.7 Å². The molecule has 21 heavy (non-hydrogen) atoms. The molecule has 0 aromatic heterocycles. The van der Waals surface area contributed by atoms with Gasteiger partial charge in [0, 0.05) is 0 Å². The molecule has 0 radical (unpaired) electrons. The first-order chi connectivity index (χ1) is 10.2. The van der Waals surface area contributed by atoms with Crippen molar-refractivity contribution < 1.29 is 18.9 Å². The van der Waals surface area contributed by atoms with Crippen molar-refractivity contribution in [1.82, 2.24) is 0 Å². The zero-order valence-corrected chi connectivity index (χ0v) is 14.6. The van der Waals surface area contributed by atoms with Crippen molar-refractivity contribution in [2.24, 2.45) is 0 Å². The minimum absolute atomic E-state index is 0.598. The van der Waals surface area contributed by atoms with Crippen molar-refractivity contribution in [3.8, 4) is 0 Å². The number of ether oxygens (including phenoxy) is 4. The van der Waals surface area contributed by atoms with Crippen LogP contribution in [0.25, 0.3) is 0 Å². The molecule has 0 rings (SSSR count). The number of hydrogen-bond acceptors (Lipinski definition) is 4. The SMILES string of the molecule is CCCCOC(OCCCC)(OCCCC)OCCCC. The van der Waals surface area contributed by atoms with Gasteiger partial charge in [-0.3, -0.25) is 0 Å². The molecule has 0 unspecified atom stereocenters. The van der Waals surface area contributed by atoms with Gasteiger partial charge in [-0.2, -0.15) is 0 Å². The molecule has 0 aliphatic heterocycles. The van der Waals surface area contributed by atoms with E-state index in [-0.39, 0.29) is 0 Å². The Morgan fingerprint density at radius 1 is 0.476 bits per heavy atom. The van der Waals surface area contributed by atoms with Crippen molar-refractivity contribution in [3.63, 3.8) is 0 Å². The van der Waals surface area contributed by atoms with Crippen LogP contribution in [0.1, 0.15) is 79.1 Å². The van der Waals surface area contributed by atoms with Crippen molar-refractivity contribution in [1.29, 1.82) is 0 Å². The quantitative estimate of drug-likeness (QED) is 0.301. The van der Waals surface area contributed by atoms with E-state index in [4.69, 9.17) is 18.9 Å². The highest BCUT2D eigenvalue weighted by atomic mass is 17.0. The molecule has 0 N–H and O–H groups in total. The first-order valence-electron chi connectivity index (χ1n) is 8.80. The highest BCUT2D eigenvalue weighted by molar-refractivity contribution is 4.48. The zero-order valence-electron chi connectivity index (χ0n) is 14.6. The van der Waals surface area contributed by atoms with Gasteiger partial charge in [0.1, 0.15) is 0 Å². The summed E-state index contributed by atoms with van der Waals surface area (Å²) in [4.78, 5) is 0. The van der Waals surface area contributed by atoms with E-state index in [9.17, 15) is 0 Å². The second-order valence-electron chi connectivity index (χ2n) is 5.31. The summed E-state index contributed by atoms with van der Waals surface area (Å²) in [5.41, 5.74) is 0. The van der Waals surface area contributed by atoms with E-state index >= 15 is 0 Å². The molecule has 0 amide bonds. The van der Waals surface area contributed by atoms with E-state index in [2.05, 4.69) is 27.7 Å². The Balaban J connectivity index is 4.52. The predicted molar refractivity (Wildman–Crippen MR) is 86.2 cm³/mol. The monoisotopic (exact) mass is 304 g/mol. The molecule has 0 aromatic carbocycles. The van der Waals surface area contributed by atoms with E-state index < -0.39 is 6.16 Å². The normalized spacial score (nSPS) is 12.0. The highest BCUT2D eigenvalue weighted by Gasteiger charge is 2.35. The van der Waals surface area contributed by atoms with E-state index in [1.54, 1.807) is 0 Å². The van der Waals surface area contributed by atoms with E-state index in [0.717, 1.165) is 51.4 Å². The third kappa shape index (κ3) is 11.1. The lowest BCUT2D eigenvalue weighted by atomic mass is 10.3. The van der Waals surface area contributed by atoms with Crippen molar-refractivity contribution in [2.45, 2.75) is 85.2 Å². The molecule has 4 heteroatoms. The summed E-state index contributed by atoms with van der Waals surface area (Å²) in [5.74, 6) is 0. The Hall–Kier alpha value is -0.160. The summed E-state index contributed by atoms with van der Waals surface area (Å²) in [7, 11) is 0. The first-order valence-corrected chi connectivity index (χ1v) is 8.80.